The lowest BCUT2D eigenvalue weighted by Gasteiger charge is -2.30. The number of methoxy groups -OCH3 is 1. The van der Waals surface area contributed by atoms with E-state index in [1.165, 1.54) is 16.2 Å². The number of piperidine rings is 1. The van der Waals surface area contributed by atoms with Crippen molar-refractivity contribution in [1.29, 1.82) is 0 Å². The summed E-state index contributed by atoms with van der Waals surface area (Å²) >= 11 is 3.02. The molecule has 174 valence electrons. The number of hydrogen-bond donors (Lipinski definition) is 2. The van der Waals surface area contributed by atoms with E-state index < -0.39 is 0 Å². The number of carbonyl (C=O) groups is 2. The van der Waals surface area contributed by atoms with Gasteiger partial charge in [-0.25, -0.2) is 0 Å². The fraction of sp³-hybridized carbons (Fsp3) is 0.391. The van der Waals surface area contributed by atoms with Gasteiger partial charge in [-0.1, -0.05) is 17.4 Å². The molecule has 1 aliphatic rings. The minimum absolute atomic E-state index is 0.0600. The molecule has 1 fully saturated rings. The molecule has 1 aromatic carbocycles. The van der Waals surface area contributed by atoms with E-state index in [1.54, 1.807) is 42.7 Å². The summed E-state index contributed by atoms with van der Waals surface area (Å²) in [5.74, 6) is 0.664. The fourth-order valence-corrected chi connectivity index (χ4v) is 5.21. The van der Waals surface area contributed by atoms with Crippen LogP contribution in [0.25, 0.3) is 0 Å². The standard InChI is InChI=1S/C23H27N5O3S2/c1-31-18-6-4-17(5-7-18)25-22(30)23-27-26-20(33-23)15-28-12-9-16(10-13-28)21(29)24-11-8-19-3-2-14-32-19/h2-7,14,16H,8-13,15H2,1H3,(H,24,29)(H,25,30). The molecule has 0 radical (unpaired) electrons. The fourth-order valence-electron chi connectivity index (χ4n) is 3.72. The second-order valence-electron chi connectivity index (χ2n) is 7.85. The summed E-state index contributed by atoms with van der Waals surface area (Å²) in [5.41, 5.74) is 0.674. The van der Waals surface area contributed by atoms with Crippen LogP contribution in [0, 0.1) is 5.92 Å². The maximum absolute atomic E-state index is 12.5. The van der Waals surface area contributed by atoms with Crippen LogP contribution in [0.5, 0.6) is 5.75 Å². The number of thiophene rings is 1. The monoisotopic (exact) mass is 485 g/mol. The van der Waals surface area contributed by atoms with Gasteiger partial charge in [-0.15, -0.1) is 21.5 Å². The Morgan fingerprint density at radius 3 is 2.64 bits per heavy atom. The molecule has 10 heteroatoms. The number of carbonyl (C=O) groups excluding carboxylic acids is 2. The quantitative estimate of drug-likeness (QED) is 0.482. The number of aromatic nitrogens is 2. The van der Waals surface area contributed by atoms with E-state index in [0.29, 0.717) is 23.8 Å². The van der Waals surface area contributed by atoms with Crippen LogP contribution in [0.3, 0.4) is 0 Å². The molecule has 0 spiro atoms. The van der Waals surface area contributed by atoms with Crippen molar-refractivity contribution in [2.24, 2.45) is 5.92 Å². The van der Waals surface area contributed by atoms with Gasteiger partial charge in [0, 0.05) is 23.0 Å². The summed E-state index contributed by atoms with van der Waals surface area (Å²) in [4.78, 5) is 28.5. The lowest BCUT2D eigenvalue weighted by molar-refractivity contribution is -0.126. The van der Waals surface area contributed by atoms with E-state index in [0.717, 1.165) is 43.1 Å². The van der Waals surface area contributed by atoms with Crippen LogP contribution in [-0.2, 0) is 17.8 Å². The van der Waals surface area contributed by atoms with Crippen molar-refractivity contribution in [3.8, 4) is 5.75 Å². The molecule has 8 nitrogen and oxygen atoms in total. The number of benzene rings is 1. The van der Waals surface area contributed by atoms with Crippen molar-refractivity contribution in [2.75, 3.05) is 32.1 Å². The Bertz CT molecular complexity index is 1040. The van der Waals surface area contributed by atoms with Crippen LogP contribution in [0.2, 0.25) is 0 Å². The molecule has 4 rings (SSSR count). The van der Waals surface area contributed by atoms with Crippen LogP contribution in [0.4, 0.5) is 5.69 Å². The van der Waals surface area contributed by atoms with E-state index in [9.17, 15) is 9.59 Å². The van der Waals surface area contributed by atoms with Crippen LogP contribution < -0.4 is 15.4 Å². The Balaban J connectivity index is 1.19. The molecule has 1 aliphatic heterocycles. The third-order valence-electron chi connectivity index (χ3n) is 5.58. The number of likely N-dealkylation sites (tertiary alicyclic amines) is 1. The summed E-state index contributed by atoms with van der Waals surface area (Å²) in [6, 6.07) is 11.3. The summed E-state index contributed by atoms with van der Waals surface area (Å²) in [5, 5.41) is 17.3. The van der Waals surface area contributed by atoms with Gasteiger partial charge in [-0.2, -0.15) is 0 Å². The maximum atomic E-state index is 12.5. The van der Waals surface area contributed by atoms with Crippen LogP contribution in [0.1, 0.15) is 32.5 Å². The Kier molecular flexibility index (Phi) is 8.03. The topological polar surface area (TPSA) is 96.4 Å². The van der Waals surface area contributed by atoms with Crippen molar-refractivity contribution < 1.29 is 14.3 Å². The first-order valence-electron chi connectivity index (χ1n) is 10.9. The van der Waals surface area contributed by atoms with E-state index >= 15 is 0 Å². The van der Waals surface area contributed by atoms with E-state index in [2.05, 4.69) is 37.2 Å². The van der Waals surface area contributed by atoms with Gasteiger partial charge in [0.2, 0.25) is 10.9 Å². The predicted molar refractivity (Wildman–Crippen MR) is 130 cm³/mol. The first-order chi connectivity index (χ1) is 16.1. The molecular weight excluding hydrogens is 458 g/mol. The van der Waals surface area contributed by atoms with Gasteiger partial charge in [0.25, 0.3) is 5.91 Å². The summed E-state index contributed by atoms with van der Waals surface area (Å²) in [6.07, 6.45) is 2.54. The predicted octanol–water partition coefficient (Wildman–Crippen LogP) is 3.43. The van der Waals surface area contributed by atoms with Gasteiger partial charge < -0.3 is 15.4 Å². The van der Waals surface area contributed by atoms with Crippen molar-refractivity contribution in [2.45, 2.75) is 25.8 Å². The highest BCUT2D eigenvalue weighted by Gasteiger charge is 2.25. The summed E-state index contributed by atoms with van der Waals surface area (Å²) in [6.45, 7) is 2.98. The van der Waals surface area contributed by atoms with Gasteiger partial charge in [-0.05, 0) is 68.1 Å². The van der Waals surface area contributed by atoms with E-state index in [-0.39, 0.29) is 17.7 Å². The summed E-state index contributed by atoms with van der Waals surface area (Å²) < 4.78 is 5.13. The number of nitrogens with zero attached hydrogens (tertiary/aromatic N) is 3. The van der Waals surface area contributed by atoms with Gasteiger partial charge in [0.15, 0.2) is 0 Å². The van der Waals surface area contributed by atoms with Crippen LogP contribution in [0.15, 0.2) is 41.8 Å². The average Bonchev–Trinajstić information content (AvgIpc) is 3.52. The highest BCUT2D eigenvalue weighted by Crippen LogP contribution is 2.22. The smallest absolute Gasteiger partial charge is 0.286 e. The van der Waals surface area contributed by atoms with Crippen molar-refractivity contribution in [3.63, 3.8) is 0 Å². The lowest BCUT2D eigenvalue weighted by atomic mass is 9.96. The molecule has 3 aromatic rings. The summed E-state index contributed by atoms with van der Waals surface area (Å²) in [7, 11) is 1.60. The van der Waals surface area contributed by atoms with Crippen LogP contribution in [-0.4, -0.2) is 53.7 Å². The molecule has 3 heterocycles. The van der Waals surface area contributed by atoms with Crippen molar-refractivity contribution >= 4 is 40.2 Å². The van der Waals surface area contributed by atoms with E-state index in [1.807, 2.05) is 6.07 Å². The van der Waals surface area contributed by atoms with Gasteiger partial charge >= 0.3 is 0 Å². The second-order valence-corrected chi connectivity index (χ2v) is 9.95. The largest absolute Gasteiger partial charge is 0.497 e. The normalized spacial score (nSPS) is 14.7. The highest BCUT2D eigenvalue weighted by atomic mass is 32.1. The third-order valence-corrected chi connectivity index (χ3v) is 7.42. The van der Waals surface area contributed by atoms with Gasteiger partial charge in [0.05, 0.1) is 13.7 Å². The third kappa shape index (κ3) is 6.59. The zero-order valence-corrected chi connectivity index (χ0v) is 20.1. The molecule has 0 unspecified atom stereocenters. The molecule has 2 N–H and O–H groups in total. The minimum atomic E-state index is -0.276. The van der Waals surface area contributed by atoms with Crippen molar-refractivity contribution in [3.05, 3.63) is 56.7 Å². The molecule has 0 saturated carbocycles. The number of anilines is 1. The Morgan fingerprint density at radius 2 is 1.94 bits per heavy atom. The first-order valence-corrected chi connectivity index (χ1v) is 12.6. The molecular formula is C23H27N5O3S2. The molecule has 0 bridgehead atoms. The highest BCUT2D eigenvalue weighted by molar-refractivity contribution is 7.13. The molecule has 2 amide bonds. The van der Waals surface area contributed by atoms with Crippen molar-refractivity contribution in [1.82, 2.24) is 20.4 Å². The Hall–Kier alpha value is -2.82. The average molecular weight is 486 g/mol. The number of hydrogen-bond acceptors (Lipinski definition) is 8. The molecule has 1 saturated heterocycles. The van der Waals surface area contributed by atoms with Gasteiger partial charge in [0.1, 0.15) is 10.8 Å². The number of ether oxygens (including phenoxy) is 1. The number of amides is 2. The van der Waals surface area contributed by atoms with E-state index in [4.69, 9.17) is 4.74 Å². The molecule has 2 aromatic heterocycles. The second kappa shape index (κ2) is 11.4. The van der Waals surface area contributed by atoms with Crippen LogP contribution >= 0.6 is 22.7 Å². The minimum Gasteiger partial charge on any atom is -0.497 e. The number of nitrogens with one attached hydrogen (secondary N) is 2. The zero-order chi connectivity index (χ0) is 23.0. The maximum Gasteiger partial charge on any atom is 0.286 e. The zero-order valence-electron chi connectivity index (χ0n) is 18.5. The Labute approximate surface area is 201 Å². The molecule has 33 heavy (non-hydrogen) atoms. The van der Waals surface area contributed by atoms with Gasteiger partial charge in [-0.3, -0.25) is 14.5 Å². The number of rotatable bonds is 9. The SMILES string of the molecule is COc1ccc(NC(=O)c2nnc(CN3CCC(C(=O)NCCc4cccs4)CC3)s2)cc1. The Morgan fingerprint density at radius 1 is 1.15 bits per heavy atom. The molecule has 0 atom stereocenters. The first kappa shape index (κ1) is 23.3. The lowest BCUT2D eigenvalue weighted by Crippen LogP contribution is -2.40. The molecule has 0 aliphatic carbocycles.